The highest BCUT2D eigenvalue weighted by Crippen LogP contribution is 2.33. The van der Waals surface area contributed by atoms with Crippen LogP contribution >= 0.6 is 0 Å². The maximum absolute atomic E-state index is 9.60. The van der Waals surface area contributed by atoms with Gasteiger partial charge in [0.25, 0.3) is 0 Å². The molecule has 0 radical (unpaired) electrons. The second-order valence-electron chi connectivity index (χ2n) is 4.70. The fourth-order valence-electron chi connectivity index (χ4n) is 2.49. The van der Waals surface area contributed by atoms with Crippen molar-refractivity contribution in [3.63, 3.8) is 0 Å². The summed E-state index contributed by atoms with van der Waals surface area (Å²) in [6.07, 6.45) is 0. The van der Waals surface area contributed by atoms with Gasteiger partial charge in [0.1, 0.15) is 5.75 Å². The van der Waals surface area contributed by atoms with Crippen molar-refractivity contribution in [2.45, 2.75) is 41.2 Å². The number of phenols is 1. The molecule has 0 aliphatic heterocycles. The zero-order valence-electron chi connectivity index (χ0n) is 13.0. The Morgan fingerprint density at radius 1 is 0.950 bits per heavy atom. The smallest absolute Gasteiger partial charge is 0.116 e. The van der Waals surface area contributed by atoms with E-state index in [-0.39, 0.29) is 6.61 Å². The van der Waals surface area contributed by atoms with Crippen LogP contribution in [0.2, 0.25) is 0 Å². The lowest BCUT2D eigenvalue weighted by Crippen LogP contribution is -1.95. The third-order valence-corrected chi connectivity index (χ3v) is 3.40. The van der Waals surface area contributed by atoms with Gasteiger partial charge in [-0.1, -0.05) is 32.0 Å². The average molecular weight is 272 g/mol. The van der Waals surface area contributed by atoms with Gasteiger partial charge in [-0.05, 0) is 66.3 Å². The highest BCUT2D eigenvalue weighted by atomic mass is 16.3. The molecular formula is C18H24O2. The molecule has 0 heterocycles. The minimum Gasteiger partial charge on any atom is -0.508 e. The molecule has 108 valence electrons. The Hall–Kier alpha value is -1.80. The van der Waals surface area contributed by atoms with Crippen LogP contribution < -0.4 is 0 Å². The summed E-state index contributed by atoms with van der Waals surface area (Å²) in [5, 5.41) is 18.9. The number of benzene rings is 2. The summed E-state index contributed by atoms with van der Waals surface area (Å²) in [5.74, 6) is 0.296. The zero-order chi connectivity index (χ0) is 15.3. The largest absolute Gasteiger partial charge is 0.508 e. The summed E-state index contributed by atoms with van der Waals surface area (Å²) in [4.78, 5) is 0. The van der Waals surface area contributed by atoms with Crippen LogP contribution in [-0.4, -0.2) is 10.2 Å². The van der Waals surface area contributed by atoms with Gasteiger partial charge in [0.05, 0.1) is 6.61 Å². The Balaban J connectivity index is 0.000000956. The number of aromatic hydroxyl groups is 1. The van der Waals surface area contributed by atoms with Crippen LogP contribution in [0.25, 0.3) is 11.1 Å². The van der Waals surface area contributed by atoms with Crippen molar-refractivity contribution in [3.05, 3.63) is 52.6 Å². The zero-order valence-corrected chi connectivity index (χ0v) is 13.0. The summed E-state index contributed by atoms with van der Waals surface area (Å²) in [6.45, 7) is 10.1. The normalized spacial score (nSPS) is 9.90. The standard InChI is InChI=1S/C16H18O2.C2H6/c1-10-7-14(18)8-11(2)16(10)15-6-4-5-13(9-17)12(15)3;1-2/h4-8,17-18H,9H2,1-3H3;1-2H3. The second-order valence-corrected chi connectivity index (χ2v) is 4.70. The van der Waals surface area contributed by atoms with Crippen LogP contribution in [-0.2, 0) is 6.61 Å². The van der Waals surface area contributed by atoms with Gasteiger partial charge in [0, 0.05) is 0 Å². The van der Waals surface area contributed by atoms with Crippen molar-refractivity contribution in [3.8, 4) is 16.9 Å². The maximum atomic E-state index is 9.60. The minimum atomic E-state index is 0.0514. The first-order chi connectivity index (χ1) is 9.54. The minimum absolute atomic E-state index is 0.0514. The summed E-state index contributed by atoms with van der Waals surface area (Å²) >= 11 is 0. The van der Waals surface area contributed by atoms with Gasteiger partial charge in [-0.25, -0.2) is 0 Å². The first kappa shape index (κ1) is 16.3. The summed E-state index contributed by atoms with van der Waals surface area (Å²) < 4.78 is 0. The van der Waals surface area contributed by atoms with Crippen LogP contribution in [0.3, 0.4) is 0 Å². The van der Waals surface area contributed by atoms with E-state index in [0.717, 1.165) is 33.4 Å². The van der Waals surface area contributed by atoms with E-state index in [1.807, 2.05) is 46.8 Å². The second kappa shape index (κ2) is 7.11. The molecule has 20 heavy (non-hydrogen) atoms. The van der Waals surface area contributed by atoms with Gasteiger partial charge in [-0.2, -0.15) is 0 Å². The lowest BCUT2D eigenvalue weighted by Gasteiger charge is -2.15. The molecule has 0 bridgehead atoms. The summed E-state index contributed by atoms with van der Waals surface area (Å²) in [6, 6.07) is 9.49. The SMILES string of the molecule is CC.Cc1cc(O)cc(C)c1-c1cccc(CO)c1C. The topological polar surface area (TPSA) is 40.5 Å². The molecule has 2 heteroatoms. The van der Waals surface area contributed by atoms with Crippen LogP contribution in [0.5, 0.6) is 5.75 Å². The molecular weight excluding hydrogens is 248 g/mol. The van der Waals surface area contributed by atoms with E-state index in [1.54, 1.807) is 12.1 Å². The van der Waals surface area contributed by atoms with Crippen molar-refractivity contribution in [1.82, 2.24) is 0 Å². The van der Waals surface area contributed by atoms with Crippen LogP contribution in [0.4, 0.5) is 0 Å². The van der Waals surface area contributed by atoms with E-state index in [4.69, 9.17) is 0 Å². The van der Waals surface area contributed by atoms with Gasteiger partial charge in [0.2, 0.25) is 0 Å². The molecule has 0 fully saturated rings. The molecule has 0 aliphatic rings. The molecule has 0 spiro atoms. The van der Waals surface area contributed by atoms with Crippen molar-refractivity contribution in [2.24, 2.45) is 0 Å². The first-order valence-corrected chi connectivity index (χ1v) is 7.04. The fourth-order valence-corrected chi connectivity index (χ4v) is 2.49. The third-order valence-electron chi connectivity index (χ3n) is 3.40. The first-order valence-electron chi connectivity index (χ1n) is 7.04. The Labute approximate surface area is 121 Å². The molecule has 0 atom stereocenters. The molecule has 2 aromatic rings. The van der Waals surface area contributed by atoms with Crippen molar-refractivity contribution in [1.29, 1.82) is 0 Å². The van der Waals surface area contributed by atoms with Gasteiger partial charge >= 0.3 is 0 Å². The predicted octanol–water partition coefficient (Wildman–Crippen LogP) is 4.50. The van der Waals surface area contributed by atoms with Crippen molar-refractivity contribution >= 4 is 0 Å². The van der Waals surface area contributed by atoms with Crippen molar-refractivity contribution < 1.29 is 10.2 Å². The maximum Gasteiger partial charge on any atom is 0.116 e. The molecule has 2 rings (SSSR count). The monoisotopic (exact) mass is 272 g/mol. The molecule has 0 saturated heterocycles. The van der Waals surface area contributed by atoms with Crippen LogP contribution in [0.1, 0.15) is 36.1 Å². The van der Waals surface area contributed by atoms with Gasteiger partial charge in [-0.15, -0.1) is 0 Å². The van der Waals surface area contributed by atoms with E-state index in [2.05, 4.69) is 6.07 Å². The number of aliphatic hydroxyl groups excluding tert-OH is 1. The molecule has 0 saturated carbocycles. The molecule has 2 aromatic carbocycles. The molecule has 2 nitrogen and oxygen atoms in total. The highest BCUT2D eigenvalue weighted by Gasteiger charge is 2.11. The van der Waals surface area contributed by atoms with E-state index < -0.39 is 0 Å². The molecule has 0 unspecified atom stereocenters. The summed E-state index contributed by atoms with van der Waals surface area (Å²) in [7, 11) is 0. The van der Waals surface area contributed by atoms with Gasteiger partial charge < -0.3 is 10.2 Å². The quantitative estimate of drug-likeness (QED) is 0.845. The predicted molar refractivity (Wildman–Crippen MR) is 85.0 cm³/mol. The molecule has 0 aromatic heterocycles. The number of rotatable bonds is 2. The number of phenolic OH excluding ortho intramolecular Hbond substituents is 1. The fraction of sp³-hybridized carbons (Fsp3) is 0.333. The van der Waals surface area contributed by atoms with E-state index >= 15 is 0 Å². The lowest BCUT2D eigenvalue weighted by atomic mass is 9.90. The Morgan fingerprint density at radius 2 is 1.50 bits per heavy atom. The third kappa shape index (κ3) is 3.20. The number of hydrogen-bond acceptors (Lipinski definition) is 2. The number of hydrogen-bond donors (Lipinski definition) is 2. The van der Waals surface area contributed by atoms with Crippen LogP contribution in [0.15, 0.2) is 30.3 Å². The molecule has 0 aliphatic carbocycles. The van der Waals surface area contributed by atoms with Crippen molar-refractivity contribution in [2.75, 3.05) is 0 Å². The Kier molecular flexibility index (Phi) is 5.78. The molecule has 0 amide bonds. The van der Waals surface area contributed by atoms with E-state index in [0.29, 0.717) is 5.75 Å². The van der Waals surface area contributed by atoms with E-state index in [1.165, 1.54) is 0 Å². The lowest BCUT2D eigenvalue weighted by molar-refractivity contribution is 0.281. The Bertz CT molecular complexity index is 563. The Morgan fingerprint density at radius 3 is 2.00 bits per heavy atom. The van der Waals surface area contributed by atoms with E-state index in [9.17, 15) is 10.2 Å². The number of aliphatic hydroxyl groups is 1. The highest BCUT2D eigenvalue weighted by molar-refractivity contribution is 5.75. The van der Waals surface area contributed by atoms with Crippen LogP contribution in [0, 0.1) is 20.8 Å². The van der Waals surface area contributed by atoms with Gasteiger partial charge in [-0.3, -0.25) is 0 Å². The van der Waals surface area contributed by atoms with Gasteiger partial charge in [0.15, 0.2) is 0 Å². The summed E-state index contributed by atoms with van der Waals surface area (Å²) in [5.41, 5.74) is 6.39. The molecule has 2 N–H and O–H groups in total. The average Bonchev–Trinajstić information content (AvgIpc) is 2.42. The number of aryl methyl sites for hydroxylation is 2.